The molecule has 2 nitrogen and oxygen atoms in total. The molecule has 0 aromatic carbocycles. The molecule has 2 N–H and O–H groups in total. The van der Waals surface area contributed by atoms with Crippen molar-refractivity contribution in [2.45, 2.75) is 65.6 Å². The van der Waals surface area contributed by atoms with E-state index in [-0.39, 0.29) is 5.41 Å². The first-order chi connectivity index (χ1) is 6.68. The third kappa shape index (κ3) is 2.36. The molecule has 0 saturated heterocycles. The molecular formula is C13H26O2. The Morgan fingerprint density at radius 3 is 2.13 bits per heavy atom. The molecule has 3 atom stereocenters. The average molecular weight is 214 g/mol. The lowest BCUT2D eigenvalue weighted by molar-refractivity contribution is -0.173. The van der Waals surface area contributed by atoms with E-state index in [1.807, 2.05) is 20.8 Å². The zero-order valence-corrected chi connectivity index (χ0v) is 10.7. The quantitative estimate of drug-likeness (QED) is 0.704. The van der Waals surface area contributed by atoms with Gasteiger partial charge in [-0.25, -0.2) is 0 Å². The van der Waals surface area contributed by atoms with Crippen LogP contribution in [0.1, 0.15) is 53.9 Å². The second-order valence-electron chi connectivity index (χ2n) is 6.47. The molecule has 0 aromatic rings. The zero-order chi connectivity index (χ0) is 11.9. The van der Waals surface area contributed by atoms with E-state index in [1.54, 1.807) is 0 Å². The van der Waals surface area contributed by atoms with Crippen molar-refractivity contribution in [2.75, 3.05) is 0 Å². The van der Waals surface area contributed by atoms with Crippen LogP contribution in [0, 0.1) is 17.3 Å². The van der Waals surface area contributed by atoms with Crippen molar-refractivity contribution in [3.63, 3.8) is 0 Å². The van der Waals surface area contributed by atoms with Gasteiger partial charge in [0.15, 0.2) is 0 Å². The van der Waals surface area contributed by atoms with Crippen molar-refractivity contribution < 1.29 is 10.2 Å². The summed E-state index contributed by atoms with van der Waals surface area (Å²) < 4.78 is 0. The van der Waals surface area contributed by atoms with Gasteiger partial charge in [-0.05, 0) is 36.5 Å². The highest BCUT2D eigenvalue weighted by Crippen LogP contribution is 2.45. The van der Waals surface area contributed by atoms with Crippen molar-refractivity contribution in [1.82, 2.24) is 0 Å². The van der Waals surface area contributed by atoms with Crippen LogP contribution in [-0.4, -0.2) is 21.9 Å². The number of rotatable bonds is 1. The highest BCUT2D eigenvalue weighted by Gasteiger charge is 2.49. The monoisotopic (exact) mass is 214 g/mol. The van der Waals surface area contributed by atoms with Crippen LogP contribution < -0.4 is 0 Å². The Balaban J connectivity index is 2.75. The summed E-state index contributed by atoms with van der Waals surface area (Å²) in [7, 11) is 0. The predicted octanol–water partition coefficient (Wildman–Crippen LogP) is 2.58. The van der Waals surface area contributed by atoms with Gasteiger partial charge < -0.3 is 10.2 Å². The summed E-state index contributed by atoms with van der Waals surface area (Å²) in [5.74, 6) is 1.16. The number of aliphatic hydroxyl groups is 2. The molecule has 1 aliphatic carbocycles. The summed E-state index contributed by atoms with van der Waals surface area (Å²) in [6, 6.07) is 0. The smallest absolute Gasteiger partial charge is 0.0953 e. The van der Waals surface area contributed by atoms with Gasteiger partial charge in [0.1, 0.15) is 0 Å². The van der Waals surface area contributed by atoms with Crippen LogP contribution in [0.15, 0.2) is 0 Å². The van der Waals surface area contributed by atoms with E-state index in [0.29, 0.717) is 11.8 Å². The van der Waals surface area contributed by atoms with Crippen LogP contribution >= 0.6 is 0 Å². The zero-order valence-electron chi connectivity index (χ0n) is 10.7. The molecule has 1 rings (SSSR count). The number of aliphatic hydroxyl groups excluding tert-OH is 1. The van der Waals surface area contributed by atoms with Gasteiger partial charge in [-0.15, -0.1) is 0 Å². The summed E-state index contributed by atoms with van der Waals surface area (Å²) in [4.78, 5) is 0. The summed E-state index contributed by atoms with van der Waals surface area (Å²) in [6.07, 6.45) is 1.92. The molecule has 0 heterocycles. The maximum atomic E-state index is 10.5. The highest BCUT2D eigenvalue weighted by atomic mass is 16.3. The van der Waals surface area contributed by atoms with Crippen molar-refractivity contribution in [1.29, 1.82) is 0 Å². The minimum absolute atomic E-state index is 0.242. The van der Waals surface area contributed by atoms with Crippen molar-refractivity contribution >= 4 is 0 Å². The second kappa shape index (κ2) is 4.06. The average Bonchev–Trinajstić information content (AvgIpc) is 2.07. The molecule has 1 saturated carbocycles. The topological polar surface area (TPSA) is 40.5 Å². The van der Waals surface area contributed by atoms with Crippen LogP contribution in [0.3, 0.4) is 0 Å². The molecule has 0 radical (unpaired) electrons. The molecule has 0 aromatic heterocycles. The highest BCUT2D eigenvalue weighted by molar-refractivity contribution is 5.00. The van der Waals surface area contributed by atoms with Crippen LogP contribution in [-0.2, 0) is 0 Å². The van der Waals surface area contributed by atoms with Gasteiger partial charge in [-0.1, -0.05) is 34.6 Å². The van der Waals surface area contributed by atoms with Crippen LogP contribution in [0.25, 0.3) is 0 Å². The van der Waals surface area contributed by atoms with E-state index in [4.69, 9.17) is 0 Å². The maximum absolute atomic E-state index is 10.5. The standard InChI is InChI=1S/C13H26O2/c1-9(2)10-6-7-13(15,11(14)8-10)12(3,4)5/h9-11,14-15H,6-8H2,1-5H3. The van der Waals surface area contributed by atoms with Gasteiger partial charge in [0.2, 0.25) is 0 Å². The van der Waals surface area contributed by atoms with E-state index in [2.05, 4.69) is 13.8 Å². The summed E-state index contributed by atoms with van der Waals surface area (Å²) in [5.41, 5.74) is -1.15. The van der Waals surface area contributed by atoms with Crippen LogP contribution in [0.4, 0.5) is 0 Å². The Kier molecular flexibility index (Phi) is 3.52. The number of hydrogen-bond donors (Lipinski definition) is 2. The minimum Gasteiger partial charge on any atom is -0.390 e. The molecule has 1 aliphatic rings. The first kappa shape index (κ1) is 13.0. The lowest BCUT2D eigenvalue weighted by atomic mass is 9.63. The predicted molar refractivity (Wildman–Crippen MR) is 62.6 cm³/mol. The van der Waals surface area contributed by atoms with E-state index in [0.717, 1.165) is 19.3 Å². The van der Waals surface area contributed by atoms with Gasteiger partial charge in [-0.2, -0.15) is 0 Å². The molecule has 0 spiro atoms. The third-order valence-corrected chi connectivity index (χ3v) is 4.22. The molecule has 3 unspecified atom stereocenters. The van der Waals surface area contributed by atoms with E-state index in [9.17, 15) is 10.2 Å². The first-order valence-electron chi connectivity index (χ1n) is 6.09. The van der Waals surface area contributed by atoms with E-state index in [1.165, 1.54) is 0 Å². The molecule has 1 fully saturated rings. The van der Waals surface area contributed by atoms with Crippen molar-refractivity contribution in [2.24, 2.45) is 17.3 Å². The third-order valence-electron chi connectivity index (χ3n) is 4.22. The molecule has 0 bridgehead atoms. The Morgan fingerprint density at radius 1 is 1.27 bits per heavy atom. The molecular weight excluding hydrogens is 188 g/mol. The number of hydrogen-bond acceptors (Lipinski definition) is 2. The fourth-order valence-electron chi connectivity index (χ4n) is 2.65. The normalized spacial score (nSPS) is 38.4. The van der Waals surface area contributed by atoms with Crippen LogP contribution in [0.2, 0.25) is 0 Å². The lowest BCUT2D eigenvalue weighted by Crippen LogP contribution is -2.56. The fourth-order valence-corrected chi connectivity index (χ4v) is 2.65. The van der Waals surface area contributed by atoms with Crippen molar-refractivity contribution in [3.05, 3.63) is 0 Å². The maximum Gasteiger partial charge on any atom is 0.0953 e. The molecule has 0 amide bonds. The Hall–Kier alpha value is -0.0800. The Labute approximate surface area is 93.7 Å². The van der Waals surface area contributed by atoms with Crippen molar-refractivity contribution in [3.8, 4) is 0 Å². The summed E-state index contributed by atoms with van der Waals surface area (Å²) >= 11 is 0. The fraction of sp³-hybridized carbons (Fsp3) is 1.00. The van der Waals surface area contributed by atoms with E-state index >= 15 is 0 Å². The molecule has 15 heavy (non-hydrogen) atoms. The Bertz CT molecular complexity index is 217. The van der Waals surface area contributed by atoms with E-state index < -0.39 is 11.7 Å². The lowest BCUT2D eigenvalue weighted by Gasteiger charge is -2.49. The molecule has 0 aliphatic heterocycles. The Morgan fingerprint density at radius 2 is 1.80 bits per heavy atom. The van der Waals surface area contributed by atoms with Gasteiger partial charge >= 0.3 is 0 Å². The van der Waals surface area contributed by atoms with Gasteiger partial charge in [-0.3, -0.25) is 0 Å². The van der Waals surface area contributed by atoms with Crippen LogP contribution in [0.5, 0.6) is 0 Å². The van der Waals surface area contributed by atoms with Gasteiger partial charge in [0.25, 0.3) is 0 Å². The SMILES string of the molecule is CC(C)C1CCC(O)(C(C)(C)C)C(O)C1. The summed E-state index contributed by atoms with van der Waals surface area (Å²) in [5, 5.41) is 20.7. The molecule has 90 valence electrons. The second-order valence-corrected chi connectivity index (χ2v) is 6.47. The van der Waals surface area contributed by atoms with Gasteiger partial charge in [0.05, 0.1) is 11.7 Å². The molecule has 2 heteroatoms. The first-order valence-corrected chi connectivity index (χ1v) is 6.09. The minimum atomic E-state index is -0.904. The summed E-state index contributed by atoms with van der Waals surface area (Å²) in [6.45, 7) is 10.4. The van der Waals surface area contributed by atoms with Gasteiger partial charge in [0, 0.05) is 0 Å². The largest absolute Gasteiger partial charge is 0.390 e.